The molecule has 5 rings (SSSR count). The van der Waals surface area contributed by atoms with Gasteiger partial charge in [0.05, 0.1) is 28.5 Å². The number of anilines is 2. The number of alkyl halides is 3. The standard InChI is InChI=1S/C22H19F3N4/c23-22(24,25)16-4-1-5-17(14-16)27-10-12-28(13-11-27)19-7-2-8-20-21(19)26-15-18-6-3-9-29(18)20/h1-9,14-15H,10-13H2. The number of aromatic nitrogens is 2. The SMILES string of the molecule is FC(F)(F)c1cccc(N2CCN(c3cccc4c3ncc3cccn34)CC2)c1. The number of nitrogens with zero attached hydrogens (tertiary/aromatic N) is 4. The van der Waals surface area contributed by atoms with Gasteiger partial charge in [-0.3, -0.25) is 4.98 Å². The van der Waals surface area contributed by atoms with Gasteiger partial charge in [-0.25, -0.2) is 0 Å². The molecule has 3 heterocycles. The molecule has 0 saturated carbocycles. The average molecular weight is 396 g/mol. The van der Waals surface area contributed by atoms with Crippen molar-refractivity contribution in [3.8, 4) is 0 Å². The Kier molecular flexibility index (Phi) is 4.12. The predicted molar refractivity (Wildman–Crippen MR) is 109 cm³/mol. The van der Waals surface area contributed by atoms with E-state index >= 15 is 0 Å². The van der Waals surface area contributed by atoms with Crippen molar-refractivity contribution in [2.75, 3.05) is 36.0 Å². The van der Waals surface area contributed by atoms with Crippen molar-refractivity contribution in [3.63, 3.8) is 0 Å². The van der Waals surface area contributed by atoms with Crippen molar-refractivity contribution < 1.29 is 13.2 Å². The first-order chi connectivity index (χ1) is 14.0. The highest BCUT2D eigenvalue weighted by Gasteiger charge is 2.31. The topological polar surface area (TPSA) is 23.8 Å². The zero-order chi connectivity index (χ0) is 20.0. The lowest BCUT2D eigenvalue weighted by atomic mass is 10.1. The van der Waals surface area contributed by atoms with Crippen LogP contribution in [0, 0.1) is 0 Å². The van der Waals surface area contributed by atoms with E-state index in [9.17, 15) is 13.2 Å². The molecular weight excluding hydrogens is 377 g/mol. The van der Waals surface area contributed by atoms with Crippen LogP contribution in [-0.4, -0.2) is 35.6 Å². The number of rotatable bonds is 2. The molecule has 0 unspecified atom stereocenters. The Bertz CT molecular complexity index is 1170. The molecule has 1 aliphatic rings. The number of hydrogen-bond acceptors (Lipinski definition) is 3. The monoisotopic (exact) mass is 396 g/mol. The second kappa shape index (κ2) is 6.69. The Morgan fingerprint density at radius 3 is 2.38 bits per heavy atom. The lowest BCUT2D eigenvalue weighted by molar-refractivity contribution is -0.137. The molecule has 0 atom stereocenters. The van der Waals surface area contributed by atoms with Crippen molar-refractivity contribution in [2.24, 2.45) is 0 Å². The van der Waals surface area contributed by atoms with Crippen LogP contribution in [0.1, 0.15) is 5.56 Å². The molecule has 1 aliphatic heterocycles. The van der Waals surface area contributed by atoms with E-state index in [0.29, 0.717) is 18.8 Å². The van der Waals surface area contributed by atoms with Crippen molar-refractivity contribution >= 4 is 27.9 Å². The smallest absolute Gasteiger partial charge is 0.368 e. The molecule has 2 aromatic heterocycles. The minimum atomic E-state index is -4.32. The Morgan fingerprint density at radius 1 is 0.828 bits per heavy atom. The molecule has 29 heavy (non-hydrogen) atoms. The van der Waals surface area contributed by atoms with Crippen molar-refractivity contribution in [3.05, 3.63) is 72.6 Å². The van der Waals surface area contributed by atoms with E-state index in [1.807, 2.05) is 35.5 Å². The van der Waals surface area contributed by atoms with Gasteiger partial charge in [0.25, 0.3) is 0 Å². The molecule has 1 saturated heterocycles. The van der Waals surface area contributed by atoms with Crippen molar-refractivity contribution in [2.45, 2.75) is 6.18 Å². The maximum atomic E-state index is 13.0. The Labute approximate surface area is 165 Å². The van der Waals surface area contributed by atoms with Crippen LogP contribution in [0.4, 0.5) is 24.5 Å². The summed E-state index contributed by atoms with van der Waals surface area (Å²) in [6, 6.07) is 15.7. The molecule has 0 bridgehead atoms. The van der Waals surface area contributed by atoms with Gasteiger partial charge in [-0.2, -0.15) is 13.2 Å². The minimum absolute atomic E-state index is 0.605. The summed E-state index contributed by atoms with van der Waals surface area (Å²) in [5, 5.41) is 0. The molecule has 148 valence electrons. The first-order valence-corrected chi connectivity index (χ1v) is 9.53. The number of halogens is 3. The van der Waals surface area contributed by atoms with E-state index in [-0.39, 0.29) is 0 Å². The van der Waals surface area contributed by atoms with E-state index in [4.69, 9.17) is 0 Å². The number of hydrogen-bond donors (Lipinski definition) is 0. The molecule has 2 aromatic carbocycles. The summed E-state index contributed by atoms with van der Waals surface area (Å²) in [5.74, 6) is 0. The molecule has 0 amide bonds. The van der Waals surface area contributed by atoms with Crippen LogP contribution < -0.4 is 9.80 Å². The van der Waals surface area contributed by atoms with Gasteiger partial charge in [-0.15, -0.1) is 0 Å². The van der Waals surface area contributed by atoms with Gasteiger partial charge >= 0.3 is 6.18 Å². The molecular formula is C22H19F3N4. The van der Waals surface area contributed by atoms with Crippen LogP contribution in [0.3, 0.4) is 0 Å². The maximum Gasteiger partial charge on any atom is 0.416 e. The van der Waals surface area contributed by atoms with Gasteiger partial charge in [-0.1, -0.05) is 12.1 Å². The first kappa shape index (κ1) is 17.8. The highest BCUT2D eigenvalue weighted by molar-refractivity contribution is 5.90. The number of fused-ring (bicyclic) bond motifs is 3. The van der Waals surface area contributed by atoms with E-state index in [0.717, 1.165) is 41.4 Å². The van der Waals surface area contributed by atoms with Gasteiger partial charge in [0.1, 0.15) is 5.52 Å². The van der Waals surface area contributed by atoms with E-state index in [1.54, 1.807) is 6.07 Å². The van der Waals surface area contributed by atoms with Gasteiger partial charge in [0.2, 0.25) is 0 Å². The maximum absolute atomic E-state index is 13.0. The second-order valence-electron chi connectivity index (χ2n) is 7.23. The van der Waals surface area contributed by atoms with Gasteiger partial charge in [-0.05, 0) is 42.5 Å². The third kappa shape index (κ3) is 3.16. The molecule has 0 aliphatic carbocycles. The summed E-state index contributed by atoms with van der Waals surface area (Å²) in [6.07, 6.45) is -0.435. The van der Waals surface area contributed by atoms with Crippen LogP contribution >= 0.6 is 0 Å². The molecule has 7 heteroatoms. The number of para-hydroxylation sites is 1. The van der Waals surface area contributed by atoms with Crippen LogP contribution in [0.2, 0.25) is 0 Å². The third-order valence-electron chi connectivity index (χ3n) is 5.52. The van der Waals surface area contributed by atoms with Crippen LogP contribution in [-0.2, 0) is 6.18 Å². The fourth-order valence-electron chi connectivity index (χ4n) is 4.04. The van der Waals surface area contributed by atoms with E-state index in [2.05, 4.69) is 26.4 Å². The lowest BCUT2D eigenvalue weighted by Gasteiger charge is -2.37. The van der Waals surface area contributed by atoms with Crippen LogP contribution in [0.5, 0.6) is 0 Å². The summed E-state index contributed by atoms with van der Waals surface area (Å²) < 4.78 is 41.2. The van der Waals surface area contributed by atoms with E-state index in [1.165, 1.54) is 12.1 Å². The summed E-state index contributed by atoms with van der Waals surface area (Å²) in [7, 11) is 0. The average Bonchev–Trinajstić information content (AvgIpc) is 3.22. The summed E-state index contributed by atoms with van der Waals surface area (Å²) in [5.41, 5.74) is 4.09. The zero-order valence-electron chi connectivity index (χ0n) is 15.6. The Balaban J connectivity index is 1.40. The van der Waals surface area contributed by atoms with Crippen LogP contribution in [0.25, 0.3) is 16.6 Å². The minimum Gasteiger partial charge on any atom is -0.368 e. The van der Waals surface area contributed by atoms with Gasteiger partial charge < -0.3 is 14.2 Å². The fourth-order valence-corrected chi connectivity index (χ4v) is 4.04. The van der Waals surface area contributed by atoms with Crippen LogP contribution in [0.15, 0.2) is 67.0 Å². The Morgan fingerprint density at radius 2 is 1.59 bits per heavy atom. The largest absolute Gasteiger partial charge is 0.416 e. The number of piperazine rings is 1. The molecule has 0 N–H and O–H groups in total. The molecule has 0 spiro atoms. The molecule has 1 fully saturated rings. The number of benzene rings is 2. The second-order valence-corrected chi connectivity index (χ2v) is 7.23. The van der Waals surface area contributed by atoms with Crippen molar-refractivity contribution in [1.82, 2.24) is 9.38 Å². The first-order valence-electron chi connectivity index (χ1n) is 9.53. The molecule has 4 aromatic rings. The fraction of sp³-hybridized carbons (Fsp3) is 0.227. The summed E-state index contributed by atoms with van der Waals surface area (Å²) in [4.78, 5) is 8.94. The van der Waals surface area contributed by atoms with Gasteiger partial charge in [0.15, 0.2) is 0 Å². The highest BCUT2D eigenvalue weighted by Crippen LogP contribution is 2.32. The lowest BCUT2D eigenvalue weighted by Crippen LogP contribution is -2.46. The summed E-state index contributed by atoms with van der Waals surface area (Å²) in [6.45, 7) is 2.76. The molecule has 0 radical (unpaired) electrons. The van der Waals surface area contributed by atoms with Gasteiger partial charge in [0, 0.05) is 38.1 Å². The Hall–Kier alpha value is -3.22. The predicted octanol–water partition coefficient (Wildman–Crippen LogP) is 4.83. The third-order valence-corrected chi connectivity index (χ3v) is 5.52. The normalized spacial score (nSPS) is 15.4. The quantitative estimate of drug-likeness (QED) is 0.485. The van der Waals surface area contributed by atoms with E-state index < -0.39 is 11.7 Å². The summed E-state index contributed by atoms with van der Waals surface area (Å²) >= 11 is 0. The molecule has 4 nitrogen and oxygen atoms in total. The zero-order valence-corrected chi connectivity index (χ0v) is 15.6. The highest BCUT2D eigenvalue weighted by atomic mass is 19.4. The van der Waals surface area contributed by atoms with Crippen molar-refractivity contribution in [1.29, 1.82) is 0 Å².